The Labute approximate surface area is 137 Å². The second-order valence-corrected chi connectivity index (χ2v) is 6.64. The second-order valence-electron chi connectivity index (χ2n) is 6.64. The Balaban J connectivity index is 1.59. The normalized spacial score (nSPS) is 20.2. The largest absolute Gasteiger partial charge is 0.474 e. The van der Waals surface area contributed by atoms with Crippen molar-refractivity contribution in [2.45, 2.75) is 58.1 Å². The van der Waals surface area contributed by atoms with Crippen LogP contribution in [0, 0.1) is 0 Å². The van der Waals surface area contributed by atoms with Crippen LogP contribution in [-0.2, 0) is 4.79 Å². The molecule has 0 unspecified atom stereocenters. The van der Waals surface area contributed by atoms with Gasteiger partial charge in [0.05, 0.1) is 18.5 Å². The Kier molecular flexibility index (Phi) is 4.98. The highest BCUT2D eigenvalue weighted by Gasteiger charge is 2.29. The fourth-order valence-corrected chi connectivity index (χ4v) is 3.41. The highest BCUT2D eigenvalue weighted by molar-refractivity contribution is 5.77. The number of piperidine rings is 2. The van der Waals surface area contributed by atoms with Crippen molar-refractivity contribution in [1.29, 1.82) is 0 Å². The van der Waals surface area contributed by atoms with Gasteiger partial charge in [-0.2, -0.15) is 4.98 Å². The van der Waals surface area contributed by atoms with E-state index in [2.05, 4.69) is 19.8 Å². The maximum atomic E-state index is 12.1. The molecule has 0 radical (unpaired) electrons. The predicted octanol–water partition coefficient (Wildman–Crippen LogP) is 2.25. The highest BCUT2D eigenvalue weighted by atomic mass is 16.5. The summed E-state index contributed by atoms with van der Waals surface area (Å²) in [5.74, 6) is 1.78. The first-order chi connectivity index (χ1) is 11.1. The van der Waals surface area contributed by atoms with E-state index in [0.717, 1.165) is 57.6 Å². The highest BCUT2D eigenvalue weighted by Crippen LogP contribution is 2.24. The molecule has 2 saturated heterocycles. The summed E-state index contributed by atoms with van der Waals surface area (Å²) in [4.78, 5) is 25.2. The molecule has 0 aliphatic carbocycles. The molecule has 2 aliphatic rings. The van der Waals surface area contributed by atoms with Gasteiger partial charge in [0.2, 0.25) is 11.8 Å². The minimum absolute atomic E-state index is 0.0930. The second kappa shape index (κ2) is 7.15. The number of hydrogen-bond acceptors (Lipinski definition) is 5. The molecule has 126 valence electrons. The smallest absolute Gasteiger partial charge is 0.234 e. The summed E-state index contributed by atoms with van der Waals surface area (Å²) in [7, 11) is 0. The Morgan fingerprint density at radius 2 is 1.96 bits per heavy atom. The molecule has 0 saturated carbocycles. The van der Waals surface area contributed by atoms with Crippen LogP contribution in [-0.4, -0.2) is 52.6 Å². The van der Waals surface area contributed by atoms with Gasteiger partial charge >= 0.3 is 0 Å². The number of amides is 1. The number of hydrogen-bond donors (Lipinski definition) is 0. The summed E-state index contributed by atoms with van der Waals surface area (Å²) >= 11 is 0. The minimum Gasteiger partial charge on any atom is -0.474 e. The van der Waals surface area contributed by atoms with Crippen LogP contribution in [0.1, 0.15) is 46.0 Å². The first-order valence-electron chi connectivity index (χ1n) is 8.66. The molecule has 2 aliphatic heterocycles. The summed E-state index contributed by atoms with van der Waals surface area (Å²) in [6, 6.07) is 0.391. The third-order valence-corrected chi connectivity index (χ3v) is 4.55. The lowest BCUT2D eigenvalue weighted by molar-refractivity contribution is -0.136. The maximum absolute atomic E-state index is 12.1. The van der Waals surface area contributed by atoms with Crippen LogP contribution in [0.2, 0.25) is 0 Å². The van der Waals surface area contributed by atoms with E-state index in [1.54, 1.807) is 12.4 Å². The molecular weight excluding hydrogens is 292 g/mol. The van der Waals surface area contributed by atoms with Crippen molar-refractivity contribution in [3.8, 4) is 5.88 Å². The van der Waals surface area contributed by atoms with Crippen molar-refractivity contribution >= 4 is 11.7 Å². The zero-order chi connectivity index (χ0) is 16.2. The van der Waals surface area contributed by atoms with Gasteiger partial charge in [-0.3, -0.25) is 9.78 Å². The Hall–Kier alpha value is -1.85. The van der Waals surface area contributed by atoms with E-state index in [-0.39, 0.29) is 6.10 Å². The summed E-state index contributed by atoms with van der Waals surface area (Å²) in [5, 5.41) is 0. The van der Waals surface area contributed by atoms with Crippen LogP contribution in [0.3, 0.4) is 0 Å². The third-order valence-electron chi connectivity index (χ3n) is 4.55. The predicted molar refractivity (Wildman–Crippen MR) is 88.6 cm³/mol. The van der Waals surface area contributed by atoms with Gasteiger partial charge in [-0.25, -0.2) is 0 Å². The van der Waals surface area contributed by atoms with Gasteiger partial charge in [-0.1, -0.05) is 0 Å². The Morgan fingerprint density at radius 1 is 1.17 bits per heavy atom. The number of anilines is 1. The van der Waals surface area contributed by atoms with Gasteiger partial charge in [-0.15, -0.1) is 0 Å². The average Bonchev–Trinajstić information content (AvgIpc) is 2.55. The van der Waals surface area contributed by atoms with Gasteiger partial charge < -0.3 is 14.5 Å². The lowest BCUT2D eigenvalue weighted by Gasteiger charge is -2.40. The SMILES string of the molecule is CC(C)Oc1cncc(N2CCC(N3CCCCC3=O)CC2)n1. The molecule has 0 aromatic carbocycles. The van der Waals surface area contributed by atoms with Crippen LogP contribution >= 0.6 is 0 Å². The molecule has 6 heteroatoms. The number of ether oxygens (including phenoxy) is 1. The van der Waals surface area contributed by atoms with Crippen molar-refractivity contribution in [2.75, 3.05) is 24.5 Å². The van der Waals surface area contributed by atoms with Crippen LogP contribution < -0.4 is 9.64 Å². The number of nitrogens with zero attached hydrogens (tertiary/aromatic N) is 4. The van der Waals surface area contributed by atoms with Gasteiger partial charge in [0, 0.05) is 32.1 Å². The van der Waals surface area contributed by atoms with Gasteiger partial charge in [0.1, 0.15) is 0 Å². The molecule has 3 rings (SSSR count). The third kappa shape index (κ3) is 3.92. The molecule has 0 bridgehead atoms. The van der Waals surface area contributed by atoms with E-state index < -0.39 is 0 Å². The first-order valence-corrected chi connectivity index (χ1v) is 8.66. The lowest BCUT2D eigenvalue weighted by atomic mass is 9.99. The number of likely N-dealkylation sites (tertiary alicyclic amines) is 1. The molecule has 3 heterocycles. The summed E-state index contributed by atoms with van der Waals surface area (Å²) in [5.41, 5.74) is 0. The molecule has 2 fully saturated rings. The van der Waals surface area contributed by atoms with Crippen LogP contribution in [0.5, 0.6) is 5.88 Å². The topological polar surface area (TPSA) is 58.6 Å². The number of carbonyl (C=O) groups is 1. The van der Waals surface area contributed by atoms with Gasteiger partial charge in [0.25, 0.3) is 0 Å². The molecule has 1 aromatic heterocycles. The van der Waals surface area contributed by atoms with E-state index in [1.165, 1.54) is 0 Å². The zero-order valence-corrected chi connectivity index (χ0v) is 14.1. The number of carbonyl (C=O) groups excluding carboxylic acids is 1. The minimum atomic E-state index is 0.0930. The van der Waals surface area contributed by atoms with Crippen molar-refractivity contribution in [3.05, 3.63) is 12.4 Å². The van der Waals surface area contributed by atoms with Crippen molar-refractivity contribution in [2.24, 2.45) is 0 Å². The molecule has 1 aromatic rings. The van der Waals surface area contributed by atoms with Gasteiger partial charge in [-0.05, 0) is 39.5 Å². The quantitative estimate of drug-likeness (QED) is 0.852. The monoisotopic (exact) mass is 318 g/mol. The van der Waals surface area contributed by atoms with E-state index in [4.69, 9.17) is 4.74 Å². The van der Waals surface area contributed by atoms with E-state index in [9.17, 15) is 4.79 Å². The lowest BCUT2D eigenvalue weighted by Crippen LogP contribution is -2.49. The van der Waals surface area contributed by atoms with E-state index >= 15 is 0 Å². The van der Waals surface area contributed by atoms with Crippen molar-refractivity contribution in [3.63, 3.8) is 0 Å². The fraction of sp³-hybridized carbons (Fsp3) is 0.706. The number of rotatable bonds is 4. The standard InChI is InChI=1S/C17H26N4O2/c1-13(2)23-16-12-18-11-15(19-16)20-9-6-14(7-10-20)21-8-4-3-5-17(21)22/h11-14H,3-10H2,1-2H3. The van der Waals surface area contributed by atoms with Crippen molar-refractivity contribution < 1.29 is 9.53 Å². The summed E-state index contributed by atoms with van der Waals surface area (Å²) < 4.78 is 5.62. The molecule has 6 nitrogen and oxygen atoms in total. The molecule has 23 heavy (non-hydrogen) atoms. The van der Waals surface area contributed by atoms with Crippen LogP contribution in [0.15, 0.2) is 12.4 Å². The Bertz CT molecular complexity index is 541. The fourth-order valence-electron chi connectivity index (χ4n) is 3.41. The van der Waals surface area contributed by atoms with E-state index in [0.29, 0.717) is 17.8 Å². The van der Waals surface area contributed by atoms with Crippen molar-refractivity contribution in [1.82, 2.24) is 14.9 Å². The summed E-state index contributed by atoms with van der Waals surface area (Å²) in [6.45, 7) is 6.72. The molecule has 0 atom stereocenters. The summed E-state index contributed by atoms with van der Waals surface area (Å²) in [6.07, 6.45) is 8.46. The number of aromatic nitrogens is 2. The molecule has 0 N–H and O–H groups in total. The average molecular weight is 318 g/mol. The zero-order valence-electron chi connectivity index (χ0n) is 14.1. The molecule has 1 amide bonds. The van der Waals surface area contributed by atoms with Gasteiger partial charge in [0.15, 0.2) is 5.82 Å². The first kappa shape index (κ1) is 16.0. The molecular formula is C17H26N4O2. The van der Waals surface area contributed by atoms with E-state index in [1.807, 2.05) is 13.8 Å². The molecule has 0 spiro atoms. The Morgan fingerprint density at radius 3 is 2.65 bits per heavy atom. The van der Waals surface area contributed by atoms with Crippen LogP contribution in [0.4, 0.5) is 5.82 Å². The van der Waals surface area contributed by atoms with Crippen LogP contribution in [0.25, 0.3) is 0 Å². The maximum Gasteiger partial charge on any atom is 0.234 e.